The molecule has 1 unspecified atom stereocenters. The number of rotatable bonds is 6. The lowest BCUT2D eigenvalue weighted by molar-refractivity contribution is -0.123. The number of primary amides is 1. The number of fused-ring (bicyclic) bond motifs is 1. The minimum atomic E-state index is -0.467. The van der Waals surface area contributed by atoms with Gasteiger partial charge < -0.3 is 30.5 Å². The maximum atomic E-state index is 12.3. The molecule has 178 valence electrons. The summed E-state index contributed by atoms with van der Waals surface area (Å²) in [6, 6.07) is 0.236. The van der Waals surface area contributed by atoms with Crippen LogP contribution in [0.5, 0.6) is 0 Å². The zero-order chi connectivity index (χ0) is 21.7. The number of hydrogen-bond donors (Lipinski definition) is 2. The van der Waals surface area contributed by atoms with Gasteiger partial charge in [-0.15, -0.1) is 24.0 Å². The molecule has 1 atom stereocenters. The van der Waals surface area contributed by atoms with Gasteiger partial charge in [0.25, 0.3) is 0 Å². The van der Waals surface area contributed by atoms with Crippen molar-refractivity contribution in [1.29, 1.82) is 0 Å². The third kappa shape index (κ3) is 7.65. The summed E-state index contributed by atoms with van der Waals surface area (Å²) in [7, 11) is 0. The number of carbonyl (C=O) groups excluding carboxylic acids is 2. The van der Waals surface area contributed by atoms with E-state index in [0.717, 1.165) is 70.9 Å². The molecular weight excluding hydrogens is 511 g/mol. The van der Waals surface area contributed by atoms with E-state index in [0.29, 0.717) is 13.1 Å². The molecule has 0 spiro atoms. The maximum Gasteiger partial charge on any atom is 0.410 e. The molecule has 2 fully saturated rings. The zero-order valence-corrected chi connectivity index (χ0v) is 21.5. The number of carbonyl (C=O) groups is 2. The van der Waals surface area contributed by atoms with Crippen molar-refractivity contribution in [3.05, 3.63) is 0 Å². The minimum Gasteiger partial charge on any atom is -0.444 e. The molecule has 0 aromatic rings. The Kier molecular flexibility index (Phi) is 9.66. The molecule has 0 aromatic carbocycles. The van der Waals surface area contributed by atoms with Crippen LogP contribution in [-0.2, 0) is 9.53 Å². The minimum absolute atomic E-state index is 0. The van der Waals surface area contributed by atoms with Crippen molar-refractivity contribution in [1.82, 2.24) is 20.0 Å². The number of nitrogens with one attached hydrogen (secondary N) is 1. The molecular formula is C21H39IN6O3. The first kappa shape index (κ1) is 26.0. The van der Waals surface area contributed by atoms with Gasteiger partial charge in [-0.25, -0.2) is 4.79 Å². The van der Waals surface area contributed by atoms with E-state index in [4.69, 9.17) is 10.5 Å². The molecule has 0 radical (unpaired) electrons. The number of hydrogen-bond acceptors (Lipinski definition) is 7. The van der Waals surface area contributed by atoms with Crippen LogP contribution in [0.2, 0.25) is 0 Å². The third-order valence-corrected chi connectivity index (χ3v) is 6.03. The highest BCUT2D eigenvalue weighted by Crippen LogP contribution is 2.19. The fourth-order valence-corrected chi connectivity index (χ4v) is 4.32. The number of halogens is 1. The molecule has 0 bridgehead atoms. The first-order valence-electron chi connectivity index (χ1n) is 11.3. The highest BCUT2D eigenvalue weighted by molar-refractivity contribution is 14.0. The van der Waals surface area contributed by atoms with Gasteiger partial charge in [0.05, 0.1) is 12.6 Å². The monoisotopic (exact) mass is 550 g/mol. The van der Waals surface area contributed by atoms with E-state index in [1.165, 1.54) is 0 Å². The van der Waals surface area contributed by atoms with Crippen LogP contribution in [0, 0.1) is 5.92 Å². The van der Waals surface area contributed by atoms with Crippen molar-refractivity contribution in [3.63, 3.8) is 0 Å². The Morgan fingerprint density at radius 3 is 2.52 bits per heavy atom. The van der Waals surface area contributed by atoms with E-state index in [9.17, 15) is 9.59 Å². The van der Waals surface area contributed by atoms with Gasteiger partial charge >= 0.3 is 6.09 Å². The summed E-state index contributed by atoms with van der Waals surface area (Å²) in [5.74, 6) is 0.875. The average molecular weight is 550 g/mol. The second kappa shape index (κ2) is 11.5. The number of likely N-dealkylation sites (tertiary alicyclic amines) is 1. The number of piperidine rings is 1. The molecule has 3 rings (SSSR count). The number of amides is 2. The molecule has 0 saturated carbocycles. The number of aliphatic imine (C=N–C) groups is 1. The quantitative estimate of drug-likeness (QED) is 0.384. The summed E-state index contributed by atoms with van der Waals surface area (Å²) in [6.07, 6.45) is 3.75. The smallest absolute Gasteiger partial charge is 0.410 e. The number of ether oxygens (including phenoxy) is 1. The molecule has 0 aromatic heterocycles. The van der Waals surface area contributed by atoms with Gasteiger partial charge in [-0.3, -0.25) is 9.79 Å². The fourth-order valence-electron chi connectivity index (χ4n) is 4.32. The van der Waals surface area contributed by atoms with E-state index in [2.05, 4.69) is 20.1 Å². The van der Waals surface area contributed by atoms with E-state index in [-0.39, 0.29) is 47.9 Å². The predicted molar refractivity (Wildman–Crippen MR) is 132 cm³/mol. The van der Waals surface area contributed by atoms with Crippen LogP contribution in [0.15, 0.2) is 4.99 Å². The highest BCUT2D eigenvalue weighted by atomic mass is 127. The molecule has 31 heavy (non-hydrogen) atoms. The number of nitrogens with two attached hydrogens (primary N) is 1. The van der Waals surface area contributed by atoms with Gasteiger partial charge in [-0.2, -0.15) is 0 Å². The Labute approximate surface area is 203 Å². The molecule has 10 heteroatoms. The third-order valence-electron chi connectivity index (χ3n) is 6.03. The van der Waals surface area contributed by atoms with Gasteiger partial charge in [0.1, 0.15) is 5.60 Å². The molecule has 3 N–H and O–H groups in total. The van der Waals surface area contributed by atoms with Crippen LogP contribution in [0.1, 0.15) is 46.5 Å². The summed E-state index contributed by atoms with van der Waals surface area (Å²) >= 11 is 0. The molecule has 2 saturated heterocycles. The summed E-state index contributed by atoms with van der Waals surface area (Å²) in [6.45, 7) is 12.4. The second-order valence-corrected chi connectivity index (χ2v) is 9.59. The van der Waals surface area contributed by atoms with E-state index >= 15 is 0 Å². The predicted octanol–water partition coefficient (Wildman–Crippen LogP) is 1.46. The summed E-state index contributed by atoms with van der Waals surface area (Å²) in [4.78, 5) is 34.7. The van der Waals surface area contributed by atoms with Gasteiger partial charge in [0.2, 0.25) is 5.91 Å². The van der Waals surface area contributed by atoms with E-state index < -0.39 is 5.60 Å². The van der Waals surface area contributed by atoms with Crippen LogP contribution in [0.4, 0.5) is 4.79 Å². The van der Waals surface area contributed by atoms with Crippen LogP contribution < -0.4 is 11.1 Å². The SMILES string of the molecule is CC(C)(C)OC(=O)N1CCN2C(NCCCCN3CCC(C(N)=O)CC3)=NCC2C1.I. The van der Waals surface area contributed by atoms with Crippen LogP contribution >= 0.6 is 24.0 Å². The Bertz CT molecular complexity index is 646. The summed E-state index contributed by atoms with van der Waals surface area (Å²) < 4.78 is 5.50. The van der Waals surface area contributed by atoms with E-state index in [1.54, 1.807) is 4.90 Å². The van der Waals surface area contributed by atoms with Crippen molar-refractivity contribution in [2.24, 2.45) is 16.6 Å². The summed E-state index contributed by atoms with van der Waals surface area (Å²) in [5, 5.41) is 3.48. The number of nitrogens with zero attached hydrogens (tertiary/aromatic N) is 4. The number of guanidine groups is 1. The van der Waals surface area contributed by atoms with Gasteiger partial charge in [0, 0.05) is 32.1 Å². The van der Waals surface area contributed by atoms with Crippen LogP contribution in [-0.4, -0.2) is 96.7 Å². The largest absolute Gasteiger partial charge is 0.444 e. The average Bonchev–Trinajstić information content (AvgIpc) is 3.09. The standard InChI is InChI=1S/C21H38N6O3.HI/c1-21(2,3)30-20(29)26-12-13-27-17(15-26)14-24-19(27)23-8-4-5-9-25-10-6-16(7-11-25)18(22)28;/h16-17H,4-15H2,1-3H3,(H2,22,28)(H,23,24);1H. The first-order chi connectivity index (χ1) is 14.2. The maximum absolute atomic E-state index is 12.3. The van der Waals surface area contributed by atoms with Gasteiger partial charge in [0.15, 0.2) is 5.96 Å². The first-order valence-corrected chi connectivity index (χ1v) is 11.3. The molecule has 9 nitrogen and oxygen atoms in total. The molecule has 3 aliphatic heterocycles. The molecule has 3 heterocycles. The lowest BCUT2D eigenvalue weighted by atomic mass is 9.96. The fraction of sp³-hybridized carbons (Fsp3) is 0.857. The Morgan fingerprint density at radius 2 is 1.87 bits per heavy atom. The van der Waals surface area contributed by atoms with Crippen LogP contribution in [0.3, 0.4) is 0 Å². The van der Waals surface area contributed by atoms with Gasteiger partial charge in [-0.05, 0) is 66.1 Å². The Morgan fingerprint density at radius 1 is 1.16 bits per heavy atom. The number of piperazine rings is 1. The zero-order valence-electron chi connectivity index (χ0n) is 19.1. The molecule has 2 amide bonds. The van der Waals surface area contributed by atoms with Crippen molar-refractivity contribution in [3.8, 4) is 0 Å². The second-order valence-electron chi connectivity index (χ2n) is 9.59. The van der Waals surface area contributed by atoms with Crippen molar-refractivity contribution in [2.75, 3.05) is 52.4 Å². The van der Waals surface area contributed by atoms with Crippen LogP contribution in [0.25, 0.3) is 0 Å². The molecule has 3 aliphatic rings. The normalized spacial score (nSPS) is 22.4. The van der Waals surface area contributed by atoms with Gasteiger partial charge in [-0.1, -0.05) is 0 Å². The Balaban J connectivity index is 0.00000341. The Hall–Kier alpha value is -1.30. The lowest BCUT2D eigenvalue weighted by Crippen LogP contribution is -2.57. The topological polar surface area (TPSA) is 104 Å². The van der Waals surface area contributed by atoms with Crippen molar-refractivity contribution in [2.45, 2.75) is 58.1 Å². The number of unbranched alkanes of at least 4 members (excludes halogenated alkanes) is 1. The van der Waals surface area contributed by atoms with E-state index in [1.807, 2.05) is 20.8 Å². The summed E-state index contributed by atoms with van der Waals surface area (Å²) in [5.41, 5.74) is 4.93. The van der Waals surface area contributed by atoms with Crippen molar-refractivity contribution >= 4 is 41.9 Å². The lowest BCUT2D eigenvalue weighted by Gasteiger charge is -2.39. The molecule has 0 aliphatic carbocycles. The van der Waals surface area contributed by atoms with Crippen molar-refractivity contribution < 1.29 is 14.3 Å². The highest BCUT2D eigenvalue weighted by Gasteiger charge is 2.36.